The van der Waals surface area contributed by atoms with E-state index in [4.69, 9.17) is 4.74 Å². The Bertz CT molecular complexity index is 400. The van der Waals surface area contributed by atoms with Gasteiger partial charge in [-0.15, -0.1) is 0 Å². The number of ether oxygens (including phenoxy) is 1. The first-order valence-corrected chi connectivity index (χ1v) is 6.66. The van der Waals surface area contributed by atoms with E-state index in [1.165, 1.54) is 0 Å². The van der Waals surface area contributed by atoms with Gasteiger partial charge in [0.15, 0.2) is 0 Å². The van der Waals surface area contributed by atoms with E-state index in [0.29, 0.717) is 12.8 Å². The predicted octanol–water partition coefficient (Wildman–Crippen LogP) is 3.14. The van der Waals surface area contributed by atoms with Crippen LogP contribution in [0.25, 0.3) is 0 Å². The van der Waals surface area contributed by atoms with Crippen LogP contribution in [0.4, 0.5) is 0 Å². The highest BCUT2D eigenvalue weighted by Gasteiger charge is 2.37. The maximum atomic E-state index is 11.8. The molecular formula is C15H21NO2. The molecule has 3 heteroatoms. The van der Waals surface area contributed by atoms with Crippen LogP contribution in [-0.2, 0) is 16.0 Å². The smallest absolute Gasteiger partial charge is 0.306 e. The van der Waals surface area contributed by atoms with Crippen LogP contribution >= 0.6 is 0 Å². The molecule has 1 aliphatic rings. The summed E-state index contributed by atoms with van der Waals surface area (Å²) in [6.07, 6.45) is 8.10. The average molecular weight is 247 g/mol. The van der Waals surface area contributed by atoms with Gasteiger partial charge in [-0.25, -0.2) is 0 Å². The molecular weight excluding hydrogens is 226 g/mol. The van der Waals surface area contributed by atoms with Crippen molar-refractivity contribution in [1.29, 1.82) is 0 Å². The first-order chi connectivity index (χ1) is 8.58. The third-order valence-corrected chi connectivity index (χ3v) is 3.77. The number of aryl methyl sites for hydroxylation is 1. The number of hydrogen-bond acceptors (Lipinski definition) is 3. The normalized spacial score (nSPS) is 21.8. The van der Waals surface area contributed by atoms with Crippen molar-refractivity contribution in [3.63, 3.8) is 0 Å². The Morgan fingerprint density at radius 3 is 3.00 bits per heavy atom. The molecule has 0 N–H and O–H groups in total. The van der Waals surface area contributed by atoms with Gasteiger partial charge in [0.1, 0.15) is 6.10 Å². The zero-order valence-corrected chi connectivity index (χ0v) is 11.2. The second-order valence-corrected chi connectivity index (χ2v) is 5.72. The van der Waals surface area contributed by atoms with Crippen molar-refractivity contribution in [1.82, 2.24) is 4.98 Å². The molecule has 1 aliphatic carbocycles. The molecule has 1 saturated carbocycles. The van der Waals surface area contributed by atoms with Crippen molar-refractivity contribution in [2.24, 2.45) is 5.41 Å². The van der Waals surface area contributed by atoms with Gasteiger partial charge in [-0.1, -0.05) is 19.9 Å². The van der Waals surface area contributed by atoms with E-state index >= 15 is 0 Å². The molecule has 18 heavy (non-hydrogen) atoms. The van der Waals surface area contributed by atoms with E-state index in [1.807, 2.05) is 12.1 Å². The number of esters is 1. The maximum Gasteiger partial charge on any atom is 0.306 e. The topological polar surface area (TPSA) is 39.2 Å². The molecule has 0 saturated heterocycles. The van der Waals surface area contributed by atoms with Gasteiger partial charge in [0.05, 0.1) is 0 Å². The molecule has 0 unspecified atom stereocenters. The van der Waals surface area contributed by atoms with Crippen molar-refractivity contribution in [2.75, 3.05) is 0 Å². The van der Waals surface area contributed by atoms with E-state index in [0.717, 1.165) is 24.8 Å². The monoisotopic (exact) mass is 247 g/mol. The molecule has 0 amide bonds. The molecule has 1 aromatic rings. The number of pyridine rings is 1. The molecule has 1 heterocycles. The lowest BCUT2D eigenvalue weighted by molar-refractivity contribution is -0.153. The van der Waals surface area contributed by atoms with Crippen LogP contribution in [0.1, 0.15) is 45.1 Å². The Kier molecular flexibility index (Phi) is 4.00. The van der Waals surface area contributed by atoms with Gasteiger partial charge in [-0.3, -0.25) is 9.78 Å². The highest BCUT2D eigenvalue weighted by molar-refractivity contribution is 5.70. The summed E-state index contributed by atoms with van der Waals surface area (Å²) in [6.45, 7) is 4.36. The second-order valence-electron chi connectivity index (χ2n) is 5.72. The summed E-state index contributed by atoms with van der Waals surface area (Å²) in [4.78, 5) is 15.9. The van der Waals surface area contributed by atoms with Gasteiger partial charge in [0.2, 0.25) is 0 Å². The van der Waals surface area contributed by atoms with Crippen LogP contribution in [0.15, 0.2) is 24.5 Å². The lowest BCUT2D eigenvalue weighted by atomic mass is 9.89. The minimum Gasteiger partial charge on any atom is -0.462 e. The van der Waals surface area contributed by atoms with Crippen LogP contribution in [0.3, 0.4) is 0 Å². The largest absolute Gasteiger partial charge is 0.462 e. The molecule has 0 radical (unpaired) electrons. The van der Waals surface area contributed by atoms with Gasteiger partial charge in [0.25, 0.3) is 0 Å². The fourth-order valence-electron chi connectivity index (χ4n) is 2.52. The Morgan fingerprint density at radius 2 is 2.39 bits per heavy atom. The summed E-state index contributed by atoms with van der Waals surface area (Å²) < 4.78 is 5.59. The highest BCUT2D eigenvalue weighted by Crippen LogP contribution is 2.39. The van der Waals surface area contributed by atoms with Crippen LogP contribution in [0.2, 0.25) is 0 Å². The molecule has 2 rings (SSSR count). The summed E-state index contributed by atoms with van der Waals surface area (Å²) in [7, 11) is 0. The van der Waals surface area contributed by atoms with Crippen LogP contribution < -0.4 is 0 Å². The van der Waals surface area contributed by atoms with E-state index in [1.54, 1.807) is 12.4 Å². The van der Waals surface area contributed by atoms with Crippen LogP contribution in [-0.4, -0.2) is 17.1 Å². The predicted molar refractivity (Wildman–Crippen MR) is 70.1 cm³/mol. The Morgan fingerprint density at radius 1 is 1.56 bits per heavy atom. The number of hydrogen-bond donors (Lipinski definition) is 0. The molecule has 0 spiro atoms. The Hall–Kier alpha value is -1.38. The Labute approximate surface area is 109 Å². The summed E-state index contributed by atoms with van der Waals surface area (Å²) in [5.41, 5.74) is 1.23. The SMILES string of the molecule is CC1(C)CCC[C@H]1OC(=O)CCc1cccnc1. The van der Waals surface area contributed by atoms with Crippen molar-refractivity contribution in [3.8, 4) is 0 Å². The van der Waals surface area contributed by atoms with E-state index < -0.39 is 0 Å². The third-order valence-electron chi connectivity index (χ3n) is 3.77. The van der Waals surface area contributed by atoms with Crippen molar-refractivity contribution in [3.05, 3.63) is 30.1 Å². The molecule has 1 fully saturated rings. The van der Waals surface area contributed by atoms with Crippen molar-refractivity contribution in [2.45, 2.75) is 52.1 Å². The number of carbonyl (C=O) groups excluding carboxylic acids is 1. The summed E-state index contributed by atoms with van der Waals surface area (Å²) in [5.74, 6) is -0.0844. The van der Waals surface area contributed by atoms with Crippen LogP contribution in [0, 0.1) is 5.41 Å². The summed E-state index contributed by atoms with van der Waals surface area (Å²) >= 11 is 0. The van der Waals surface area contributed by atoms with Gasteiger partial charge >= 0.3 is 5.97 Å². The molecule has 0 aromatic carbocycles. The zero-order valence-electron chi connectivity index (χ0n) is 11.2. The standard InChI is InChI=1S/C15H21NO2/c1-15(2)9-3-6-13(15)18-14(17)8-7-12-5-4-10-16-11-12/h4-5,10-11,13H,3,6-9H2,1-2H3/t13-/m1/s1. The number of aromatic nitrogens is 1. The minimum absolute atomic E-state index is 0.0844. The number of carbonyl (C=O) groups is 1. The molecule has 0 bridgehead atoms. The Balaban J connectivity index is 1.79. The minimum atomic E-state index is -0.0844. The lowest BCUT2D eigenvalue weighted by Gasteiger charge is -2.26. The van der Waals surface area contributed by atoms with E-state index in [9.17, 15) is 4.79 Å². The van der Waals surface area contributed by atoms with E-state index in [-0.39, 0.29) is 17.5 Å². The number of nitrogens with zero attached hydrogens (tertiary/aromatic N) is 1. The number of rotatable bonds is 4. The molecule has 0 aliphatic heterocycles. The first kappa shape index (κ1) is 13.1. The van der Waals surface area contributed by atoms with E-state index in [2.05, 4.69) is 18.8 Å². The third kappa shape index (κ3) is 3.31. The van der Waals surface area contributed by atoms with Gasteiger partial charge in [-0.2, -0.15) is 0 Å². The lowest BCUT2D eigenvalue weighted by Crippen LogP contribution is -2.28. The fourth-order valence-corrected chi connectivity index (χ4v) is 2.52. The zero-order chi connectivity index (χ0) is 13.0. The molecule has 1 atom stereocenters. The van der Waals surface area contributed by atoms with Gasteiger partial charge in [0, 0.05) is 24.2 Å². The first-order valence-electron chi connectivity index (χ1n) is 6.66. The molecule has 3 nitrogen and oxygen atoms in total. The van der Waals surface area contributed by atoms with Crippen molar-refractivity contribution < 1.29 is 9.53 Å². The summed E-state index contributed by atoms with van der Waals surface area (Å²) in [5, 5.41) is 0. The van der Waals surface area contributed by atoms with Crippen LogP contribution in [0.5, 0.6) is 0 Å². The van der Waals surface area contributed by atoms with Gasteiger partial charge in [-0.05, 0) is 37.3 Å². The maximum absolute atomic E-state index is 11.8. The molecule has 1 aromatic heterocycles. The van der Waals surface area contributed by atoms with Crippen molar-refractivity contribution >= 4 is 5.97 Å². The summed E-state index contributed by atoms with van der Waals surface area (Å²) in [6, 6.07) is 3.88. The van der Waals surface area contributed by atoms with Gasteiger partial charge < -0.3 is 4.74 Å². The average Bonchev–Trinajstić information content (AvgIpc) is 2.68. The quantitative estimate of drug-likeness (QED) is 0.767. The highest BCUT2D eigenvalue weighted by atomic mass is 16.5. The second kappa shape index (κ2) is 5.51. The molecule has 98 valence electrons. The fraction of sp³-hybridized carbons (Fsp3) is 0.600.